The van der Waals surface area contributed by atoms with E-state index < -0.39 is 9.84 Å². The van der Waals surface area contributed by atoms with Crippen LogP contribution in [0.15, 0.2) is 70.9 Å². The van der Waals surface area contributed by atoms with Crippen molar-refractivity contribution in [2.24, 2.45) is 0 Å². The van der Waals surface area contributed by atoms with Gasteiger partial charge in [-0.05, 0) is 53.3 Å². The van der Waals surface area contributed by atoms with Crippen molar-refractivity contribution in [3.8, 4) is 0 Å². The average Bonchev–Trinajstić information content (AvgIpc) is 3.31. The van der Waals surface area contributed by atoms with Crippen LogP contribution in [0.4, 0.5) is 0 Å². The van der Waals surface area contributed by atoms with E-state index in [1.54, 1.807) is 23.5 Å². The zero-order valence-corrected chi connectivity index (χ0v) is 18.6. The lowest BCUT2D eigenvalue weighted by Crippen LogP contribution is -2.28. The van der Waals surface area contributed by atoms with Gasteiger partial charge in [-0.1, -0.05) is 37.3 Å². The number of aryl methyl sites for hydroxylation is 1. The van der Waals surface area contributed by atoms with E-state index in [2.05, 4.69) is 24.4 Å². The van der Waals surface area contributed by atoms with Crippen LogP contribution >= 0.6 is 11.3 Å². The Morgan fingerprint density at radius 3 is 2.33 bits per heavy atom. The van der Waals surface area contributed by atoms with E-state index in [1.807, 2.05) is 29.6 Å². The minimum absolute atomic E-state index is 0.0940. The van der Waals surface area contributed by atoms with Gasteiger partial charge in [-0.25, -0.2) is 8.42 Å². The Balaban J connectivity index is 1.80. The number of benzene rings is 2. The Bertz CT molecular complexity index is 1060. The predicted octanol–water partition coefficient (Wildman–Crippen LogP) is 4.25. The van der Waals surface area contributed by atoms with E-state index in [1.165, 1.54) is 24.8 Å². The number of nitrogens with one attached hydrogen (secondary N) is 1. The molecule has 0 aliphatic rings. The number of methoxy groups -OCH3 is 1. The van der Waals surface area contributed by atoms with Crippen molar-refractivity contribution in [3.05, 3.63) is 87.6 Å². The molecule has 158 valence electrons. The lowest BCUT2D eigenvalue weighted by Gasteiger charge is -2.19. The minimum atomic E-state index is -3.43. The zero-order valence-electron chi connectivity index (χ0n) is 17.0. The molecule has 3 rings (SSSR count). The molecule has 3 aromatic rings. The van der Waals surface area contributed by atoms with E-state index in [-0.39, 0.29) is 29.2 Å². The van der Waals surface area contributed by atoms with Crippen LogP contribution in [-0.4, -0.2) is 33.8 Å². The molecule has 2 aromatic carbocycles. The monoisotopic (exact) mass is 443 g/mol. The second-order valence-electron chi connectivity index (χ2n) is 6.85. The van der Waals surface area contributed by atoms with E-state index >= 15 is 0 Å². The Labute approximate surface area is 181 Å². The fourth-order valence-electron chi connectivity index (χ4n) is 3.06. The third-order valence-electron chi connectivity index (χ3n) is 4.86. The fraction of sp³-hybridized carbons (Fsp3) is 0.261. The summed E-state index contributed by atoms with van der Waals surface area (Å²) in [6.45, 7) is 2.23. The molecule has 0 aliphatic heterocycles. The lowest BCUT2D eigenvalue weighted by molar-refractivity contribution is 0.0943. The van der Waals surface area contributed by atoms with Gasteiger partial charge in [0, 0.05) is 17.6 Å². The molecular weight excluding hydrogens is 418 g/mol. The van der Waals surface area contributed by atoms with Crippen molar-refractivity contribution in [3.63, 3.8) is 0 Å². The summed E-state index contributed by atoms with van der Waals surface area (Å²) in [6, 6.07) is 17.9. The van der Waals surface area contributed by atoms with Gasteiger partial charge in [0.15, 0.2) is 9.84 Å². The van der Waals surface area contributed by atoms with Crippen molar-refractivity contribution >= 4 is 27.1 Å². The number of carbonyl (C=O) groups is 1. The van der Waals surface area contributed by atoms with Crippen LogP contribution in [0.5, 0.6) is 0 Å². The summed E-state index contributed by atoms with van der Waals surface area (Å²) in [6.07, 6.45) is 0.954. The van der Waals surface area contributed by atoms with Crippen LogP contribution < -0.4 is 5.32 Å². The van der Waals surface area contributed by atoms with Gasteiger partial charge in [-0.3, -0.25) is 4.79 Å². The summed E-state index contributed by atoms with van der Waals surface area (Å²) in [7, 11) is -1.97. The van der Waals surface area contributed by atoms with E-state index in [0.29, 0.717) is 5.56 Å². The molecule has 0 saturated heterocycles. The fourth-order valence-corrected chi connectivity index (χ4v) is 5.03. The molecule has 0 spiro atoms. The Morgan fingerprint density at radius 2 is 1.77 bits per heavy atom. The lowest BCUT2D eigenvalue weighted by atomic mass is 10.0. The highest BCUT2D eigenvalue weighted by Crippen LogP contribution is 2.27. The zero-order chi connectivity index (χ0) is 21.6. The highest BCUT2D eigenvalue weighted by molar-refractivity contribution is 7.91. The van der Waals surface area contributed by atoms with Gasteiger partial charge < -0.3 is 10.1 Å². The largest absolute Gasteiger partial charge is 0.384 e. The van der Waals surface area contributed by atoms with Gasteiger partial charge in [-0.2, -0.15) is 0 Å². The van der Waals surface area contributed by atoms with E-state index in [9.17, 15) is 13.2 Å². The molecule has 0 bridgehead atoms. The number of carbonyl (C=O) groups excluding carboxylic acids is 1. The first kappa shape index (κ1) is 22.2. The predicted molar refractivity (Wildman–Crippen MR) is 120 cm³/mol. The van der Waals surface area contributed by atoms with Crippen LogP contribution in [0.3, 0.4) is 0 Å². The highest BCUT2D eigenvalue weighted by atomic mass is 32.2. The van der Waals surface area contributed by atoms with Crippen LogP contribution in [0.25, 0.3) is 0 Å². The van der Waals surface area contributed by atoms with Crippen molar-refractivity contribution in [1.29, 1.82) is 0 Å². The SMILES string of the molecule is CCc1ccc(C(NC(=O)c2ccc(S(=O)(=O)CCOC)cc2)c2cccs2)cc1. The van der Waals surface area contributed by atoms with Crippen LogP contribution in [0, 0.1) is 0 Å². The summed E-state index contributed by atoms with van der Waals surface area (Å²) in [4.78, 5) is 14.1. The van der Waals surface area contributed by atoms with Gasteiger partial charge in [-0.15, -0.1) is 11.3 Å². The van der Waals surface area contributed by atoms with Gasteiger partial charge in [0.2, 0.25) is 0 Å². The molecule has 1 atom stereocenters. The molecule has 1 amide bonds. The maximum atomic E-state index is 12.9. The maximum absolute atomic E-state index is 12.9. The second kappa shape index (κ2) is 10.0. The summed E-state index contributed by atoms with van der Waals surface area (Å²) in [5.41, 5.74) is 2.65. The standard InChI is InChI=1S/C23H25NO4S2/c1-3-17-6-8-18(9-7-17)22(21-5-4-15-29-21)24-23(25)19-10-12-20(13-11-19)30(26,27)16-14-28-2/h4-13,15,22H,3,14,16H2,1-2H3,(H,24,25). The van der Waals surface area contributed by atoms with Crippen molar-refractivity contribution in [2.45, 2.75) is 24.3 Å². The van der Waals surface area contributed by atoms with E-state index in [4.69, 9.17) is 4.74 Å². The summed E-state index contributed by atoms with van der Waals surface area (Å²) < 4.78 is 29.4. The average molecular weight is 444 g/mol. The molecule has 1 heterocycles. The van der Waals surface area contributed by atoms with E-state index in [0.717, 1.165) is 16.9 Å². The van der Waals surface area contributed by atoms with Gasteiger partial charge in [0.05, 0.1) is 23.3 Å². The molecule has 0 radical (unpaired) electrons. The Morgan fingerprint density at radius 1 is 1.07 bits per heavy atom. The molecule has 0 fully saturated rings. The third kappa shape index (κ3) is 5.36. The number of ether oxygens (including phenoxy) is 1. The molecule has 7 heteroatoms. The van der Waals surface area contributed by atoms with Crippen LogP contribution in [0.2, 0.25) is 0 Å². The van der Waals surface area contributed by atoms with Gasteiger partial charge in [0.1, 0.15) is 0 Å². The van der Waals surface area contributed by atoms with Crippen molar-refractivity contribution < 1.29 is 17.9 Å². The summed E-state index contributed by atoms with van der Waals surface area (Å²) in [5.74, 6) is -0.350. The second-order valence-corrected chi connectivity index (χ2v) is 9.94. The Hall–Kier alpha value is -2.48. The summed E-state index contributed by atoms with van der Waals surface area (Å²) in [5, 5.41) is 5.06. The maximum Gasteiger partial charge on any atom is 0.252 e. The molecule has 5 nitrogen and oxygen atoms in total. The quantitative estimate of drug-likeness (QED) is 0.537. The minimum Gasteiger partial charge on any atom is -0.384 e. The molecule has 1 aromatic heterocycles. The molecule has 0 aliphatic carbocycles. The Kier molecular flexibility index (Phi) is 7.42. The van der Waals surface area contributed by atoms with Crippen LogP contribution in [-0.2, 0) is 21.0 Å². The highest BCUT2D eigenvalue weighted by Gasteiger charge is 2.20. The van der Waals surface area contributed by atoms with Crippen molar-refractivity contribution in [1.82, 2.24) is 5.32 Å². The molecule has 1 N–H and O–H groups in total. The molecule has 1 unspecified atom stereocenters. The van der Waals surface area contributed by atoms with Crippen LogP contribution in [0.1, 0.15) is 39.3 Å². The first-order valence-corrected chi connectivity index (χ1v) is 12.2. The summed E-state index contributed by atoms with van der Waals surface area (Å²) >= 11 is 1.58. The molecular formula is C23H25NO4S2. The smallest absolute Gasteiger partial charge is 0.252 e. The molecule has 0 saturated carbocycles. The number of thiophene rings is 1. The van der Waals surface area contributed by atoms with Gasteiger partial charge >= 0.3 is 0 Å². The molecule has 30 heavy (non-hydrogen) atoms. The normalized spacial score (nSPS) is 12.5. The number of hydrogen-bond donors (Lipinski definition) is 1. The first-order valence-electron chi connectivity index (χ1n) is 9.69. The number of amides is 1. The topological polar surface area (TPSA) is 72.5 Å². The first-order chi connectivity index (χ1) is 14.4. The third-order valence-corrected chi connectivity index (χ3v) is 7.49. The number of rotatable bonds is 9. The number of sulfone groups is 1. The van der Waals surface area contributed by atoms with Crippen molar-refractivity contribution in [2.75, 3.05) is 19.5 Å². The van der Waals surface area contributed by atoms with Gasteiger partial charge in [0.25, 0.3) is 5.91 Å². The number of hydrogen-bond acceptors (Lipinski definition) is 5.